The fraction of sp³-hybridized carbons (Fsp3) is 0.889. The molecule has 1 saturated heterocycles. The third-order valence-electron chi connectivity index (χ3n) is 2.97. The summed E-state index contributed by atoms with van der Waals surface area (Å²) in [5.41, 5.74) is -0.470. The molecule has 0 bridgehead atoms. The van der Waals surface area contributed by atoms with E-state index in [0.29, 0.717) is 0 Å². The Labute approximate surface area is 71.0 Å². The van der Waals surface area contributed by atoms with E-state index in [0.717, 1.165) is 32.1 Å². The highest BCUT2D eigenvalue weighted by atomic mass is 16.7. The Morgan fingerprint density at radius 1 is 1.42 bits per heavy atom. The fourth-order valence-corrected chi connectivity index (χ4v) is 2.00. The first-order valence-corrected chi connectivity index (χ1v) is 4.70. The third kappa shape index (κ3) is 0.829. The van der Waals surface area contributed by atoms with Crippen molar-refractivity contribution in [2.24, 2.45) is 0 Å². The molecule has 2 saturated carbocycles. The number of carbonyl (C=O) groups excluding carboxylic acids is 1. The molecule has 2 unspecified atom stereocenters. The Hall–Kier alpha value is -0.570. The average Bonchev–Trinajstić information content (AvgIpc) is 2.95. The smallest absolute Gasteiger partial charge is 0.341 e. The van der Waals surface area contributed by atoms with Gasteiger partial charge in [0.05, 0.1) is 6.10 Å². The Kier molecular flexibility index (Phi) is 1.16. The van der Waals surface area contributed by atoms with Gasteiger partial charge >= 0.3 is 5.97 Å². The third-order valence-corrected chi connectivity index (χ3v) is 2.97. The summed E-state index contributed by atoms with van der Waals surface area (Å²) in [5, 5.41) is 0. The molecule has 1 heterocycles. The molecule has 0 aromatic heterocycles. The van der Waals surface area contributed by atoms with Gasteiger partial charge in [0.1, 0.15) is 6.10 Å². The molecule has 0 aromatic carbocycles. The van der Waals surface area contributed by atoms with Gasteiger partial charge in [-0.2, -0.15) is 0 Å². The van der Waals surface area contributed by atoms with Crippen molar-refractivity contribution in [2.45, 2.75) is 49.9 Å². The van der Waals surface area contributed by atoms with E-state index in [1.807, 2.05) is 0 Å². The zero-order valence-electron chi connectivity index (χ0n) is 6.91. The van der Waals surface area contributed by atoms with Crippen molar-refractivity contribution in [2.75, 3.05) is 0 Å². The Morgan fingerprint density at radius 2 is 2.25 bits per heavy atom. The van der Waals surface area contributed by atoms with Gasteiger partial charge in [-0.1, -0.05) is 0 Å². The lowest BCUT2D eigenvalue weighted by atomic mass is 10.1. The van der Waals surface area contributed by atoms with Crippen LogP contribution in [-0.2, 0) is 14.3 Å². The maximum absolute atomic E-state index is 11.5. The number of ether oxygens (including phenoxy) is 2. The van der Waals surface area contributed by atoms with E-state index in [2.05, 4.69) is 0 Å². The maximum Gasteiger partial charge on any atom is 0.341 e. The highest BCUT2D eigenvalue weighted by molar-refractivity contribution is 5.84. The van der Waals surface area contributed by atoms with Gasteiger partial charge in [-0.3, -0.25) is 0 Å². The minimum atomic E-state index is -0.470. The van der Waals surface area contributed by atoms with Crippen LogP contribution in [0.15, 0.2) is 0 Å². The summed E-state index contributed by atoms with van der Waals surface area (Å²) in [6.45, 7) is 0. The van der Waals surface area contributed by atoms with Crippen LogP contribution in [0.4, 0.5) is 0 Å². The molecule has 2 aliphatic carbocycles. The molecule has 2 atom stereocenters. The molecule has 3 nitrogen and oxygen atoms in total. The predicted molar refractivity (Wildman–Crippen MR) is 40.6 cm³/mol. The van der Waals surface area contributed by atoms with Gasteiger partial charge in [0.15, 0.2) is 5.60 Å². The van der Waals surface area contributed by atoms with Crippen LogP contribution in [0.25, 0.3) is 0 Å². The highest BCUT2D eigenvalue weighted by Gasteiger charge is 2.66. The molecule has 0 aromatic rings. The first kappa shape index (κ1) is 6.89. The summed E-state index contributed by atoms with van der Waals surface area (Å²) in [5.74, 6) is -0.0903. The molecule has 12 heavy (non-hydrogen) atoms. The molecular formula is C9H12O3. The lowest BCUT2D eigenvalue weighted by molar-refractivity contribution is -0.151. The van der Waals surface area contributed by atoms with Crippen LogP contribution in [0, 0.1) is 0 Å². The zero-order chi connectivity index (χ0) is 8.18. The second-order valence-corrected chi connectivity index (χ2v) is 3.99. The van der Waals surface area contributed by atoms with Crippen LogP contribution < -0.4 is 0 Å². The van der Waals surface area contributed by atoms with Crippen molar-refractivity contribution < 1.29 is 14.3 Å². The van der Waals surface area contributed by atoms with Crippen LogP contribution in [0.3, 0.4) is 0 Å². The van der Waals surface area contributed by atoms with Crippen molar-refractivity contribution in [3.63, 3.8) is 0 Å². The minimum absolute atomic E-state index is 0.0903. The van der Waals surface area contributed by atoms with Crippen molar-refractivity contribution >= 4 is 5.97 Å². The van der Waals surface area contributed by atoms with Crippen LogP contribution in [0.2, 0.25) is 0 Å². The molecule has 0 amide bonds. The quantitative estimate of drug-likeness (QED) is 0.456. The molecular weight excluding hydrogens is 156 g/mol. The van der Waals surface area contributed by atoms with Gasteiger partial charge in [-0.05, 0) is 32.1 Å². The van der Waals surface area contributed by atoms with E-state index in [1.54, 1.807) is 0 Å². The summed E-state index contributed by atoms with van der Waals surface area (Å²) >= 11 is 0. The Balaban J connectivity index is 1.67. The summed E-state index contributed by atoms with van der Waals surface area (Å²) in [4.78, 5) is 11.5. The largest absolute Gasteiger partial charge is 0.460 e. The second-order valence-electron chi connectivity index (χ2n) is 3.99. The number of epoxide rings is 1. The summed E-state index contributed by atoms with van der Waals surface area (Å²) < 4.78 is 10.6. The van der Waals surface area contributed by atoms with E-state index < -0.39 is 5.60 Å². The summed E-state index contributed by atoms with van der Waals surface area (Å²) in [6, 6.07) is 0. The topological polar surface area (TPSA) is 38.8 Å². The molecule has 3 rings (SSSR count). The van der Waals surface area contributed by atoms with Crippen LogP contribution >= 0.6 is 0 Å². The van der Waals surface area contributed by atoms with Gasteiger partial charge in [0.25, 0.3) is 0 Å². The molecule has 1 aliphatic heterocycles. The van der Waals surface area contributed by atoms with Gasteiger partial charge in [0, 0.05) is 0 Å². The van der Waals surface area contributed by atoms with E-state index in [-0.39, 0.29) is 18.2 Å². The zero-order valence-corrected chi connectivity index (χ0v) is 6.91. The molecule has 66 valence electrons. The predicted octanol–water partition coefficient (Wildman–Crippen LogP) is 1.01. The Morgan fingerprint density at radius 3 is 2.75 bits per heavy atom. The number of fused-ring (bicyclic) bond motifs is 1. The van der Waals surface area contributed by atoms with Crippen LogP contribution in [0.5, 0.6) is 0 Å². The van der Waals surface area contributed by atoms with Crippen molar-refractivity contribution in [1.82, 2.24) is 0 Å². The molecule has 3 heteroatoms. The normalized spacial score (nSPS) is 43.8. The molecule has 3 aliphatic rings. The fourth-order valence-electron chi connectivity index (χ4n) is 2.00. The Bertz CT molecular complexity index is 234. The number of hydrogen-bond acceptors (Lipinski definition) is 3. The second kappa shape index (κ2) is 2.02. The van der Waals surface area contributed by atoms with E-state index in [4.69, 9.17) is 9.47 Å². The minimum Gasteiger partial charge on any atom is -0.460 e. The van der Waals surface area contributed by atoms with Crippen molar-refractivity contribution in [1.29, 1.82) is 0 Å². The summed E-state index contributed by atoms with van der Waals surface area (Å²) in [7, 11) is 0. The van der Waals surface area contributed by atoms with Gasteiger partial charge in [-0.15, -0.1) is 0 Å². The highest BCUT2D eigenvalue weighted by Crippen LogP contribution is 2.51. The first-order valence-electron chi connectivity index (χ1n) is 4.70. The SMILES string of the molecule is O=C(OC1CC1)C12CCCC1O2. The number of rotatable bonds is 2. The maximum atomic E-state index is 11.5. The lowest BCUT2D eigenvalue weighted by Crippen LogP contribution is -2.27. The first-order chi connectivity index (χ1) is 5.81. The van der Waals surface area contributed by atoms with Gasteiger partial charge < -0.3 is 9.47 Å². The van der Waals surface area contributed by atoms with E-state index in [9.17, 15) is 4.79 Å². The van der Waals surface area contributed by atoms with Crippen molar-refractivity contribution in [3.05, 3.63) is 0 Å². The average molecular weight is 168 g/mol. The molecule has 0 radical (unpaired) electrons. The van der Waals surface area contributed by atoms with E-state index >= 15 is 0 Å². The summed E-state index contributed by atoms with van der Waals surface area (Å²) in [6.07, 6.45) is 5.55. The standard InChI is InChI=1S/C9H12O3/c10-8(11-6-3-4-6)9-5-1-2-7(9)12-9/h6-7H,1-5H2. The molecule has 3 fully saturated rings. The van der Waals surface area contributed by atoms with Gasteiger partial charge in [0.2, 0.25) is 0 Å². The molecule has 0 spiro atoms. The number of esters is 1. The monoisotopic (exact) mass is 168 g/mol. The van der Waals surface area contributed by atoms with Crippen LogP contribution in [0.1, 0.15) is 32.1 Å². The lowest BCUT2D eigenvalue weighted by Gasteiger charge is -2.07. The van der Waals surface area contributed by atoms with Crippen LogP contribution in [-0.4, -0.2) is 23.8 Å². The molecule has 0 N–H and O–H groups in total. The van der Waals surface area contributed by atoms with E-state index in [1.165, 1.54) is 0 Å². The van der Waals surface area contributed by atoms with Gasteiger partial charge in [-0.25, -0.2) is 4.79 Å². The number of carbonyl (C=O) groups is 1. The van der Waals surface area contributed by atoms with Crippen molar-refractivity contribution in [3.8, 4) is 0 Å². The number of hydrogen-bond donors (Lipinski definition) is 0.